The molecule has 28 heavy (non-hydrogen) atoms. The van der Waals surface area contributed by atoms with Crippen LogP contribution in [0.15, 0.2) is 39.5 Å². The maximum absolute atomic E-state index is 13.1. The maximum atomic E-state index is 13.1. The van der Waals surface area contributed by atoms with Crippen molar-refractivity contribution >= 4 is 5.97 Å². The normalized spacial score (nSPS) is 11.6. The first-order chi connectivity index (χ1) is 13.0. The Morgan fingerprint density at radius 2 is 1.86 bits per heavy atom. The first kappa shape index (κ1) is 19.4. The number of benzene rings is 1. The van der Waals surface area contributed by atoms with E-state index in [2.05, 4.69) is 4.98 Å². The number of rotatable bonds is 3. The van der Waals surface area contributed by atoms with E-state index < -0.39 is 28.8 Å². The Labute approximate surface area is 156 Å². The minimum Gasteiger partial charge on any atom is -0.477 e. The molecule has 0 aliphatic heterocycles. The van der Waals surface area contributed by atoms with Crippen LogP contribution in [0.25, 0.3) is 17.1 Å². The van der Waals surface area contributed by atoms with Crippen LogP contribution < -0.4 is 5.56 Å². The number of aryl methyl sites for hydroxylation is 2. The molecule has 6 nitrogen and oxygen atoms in total. The fourth-order valence-electron chi connectivity index (χ4n) is 2.79. The van der Waals surface area contributed by atoms with Crippen LogP contribution in [0.2, 0.25) is 0 Å². The fraction of sp³-hybridized carbons (Fsp3) is 0.211. The van der Waals surface area contributed by atoms with Crippen LogP contribution in [0.3, 0.4) is 0 Å². The monoisotopic (exact) mass is 392 g/mol. The second-order valence-corrected chi connectivity index (χ2v) is 6.21. The molecule has 3 rings (SSSR count). The largest absolute Gasteiger partial charge is 0.477 e. The van der Waals surface area contributed by atoms with Crippen molar-refractivity contribution in [2.45, 2.75) is 26.9 Å². The Kier molecular flexibility index (Phi) is 4.62. The highest BCUT2D eigenvalue weighted by Crippen LogP contribution is 2.31. The smallest absolute Gasteiger partial charge is 0.416 e. The minimum absolute atomic E-state index is 0.0794. The van der Waals surface area contributed by atoms with E-state index in [1.54, 1.807) is 13.8 Å². The van der Waals surface area contributed by atoms with Crippen LogP contribution in [0, 0.1) is 20.8 Å². The van der Waals surface area contributed by atoms with Gasteiger partial charge in [-0.2, -0.15) is 13.2 Å². The predicted octanol–water partition coefficient (Wildman–Crippen LogP) is 4.13. The van der Waals surface area contributed by atoms with Crippen LogP contribution in [-0.4, -0.2) is 20.6 Å². The minimum atomic E-state index is -4.61. The highest BCUT2D eigenvalue weighted by molar-refractivity contribution is 5.89. The van der Waals surface area contributed by atoms with E-state index in [1.165, 1.54) is 13.0 Å². The first-order valence-electron chi connectivity index (χ1n) is 8.12. The summed E-state index contributed by atoms with van der Waals surface area (Å²) in [5.41, 5.74) is -1.65. The molecule has 0 fully saturated rings. The number of aromatic nitrogens is 2. The number of carbonyl (C=O) groups is 1. The molecule has 0 aliphatic rings. The van der Waals surface area contributed by atoms with Gasteiger partial charge in [0.2, 0.25) is 5.89 Å². The Hall–Kier alpha value is -3.36. The summed E-state index contributed by atoms with van der Waals surface area (Å²) in [6, 6.07) is 5.22. The van der Waals surface area contributed by atoms with E-state index in [0.717, 1.165) is 28.8 Å². The molecule has 2 aromatic heterocycles. The van der Waals surface area contributed by atoms with Gasteiger partial charge in [0.1, 0.15) is 11.3 Å². The molecule has 0 aliphatic carbocycles. The molecule has 0 amide bonds. The van der Waals surface area contributed by atoms with Gasteiger partial charge in [-0.1, -0.05) is 6.07 Å². The molecule has 9 heteroatoms. The topological polar surface area (TPSA) is 85.3 Å². The summed E-state index contributed by atoms with van der Waals surface area (Å²) in [6.07, 6.45) is -4.61. The molecule has 0 saturated carbocycles. The number of nitrogens with zero attached hydrogens (tertiary/aromatic N) is 2. The average molecular weight is 392 g/mol. The maximum Gasteiger partial charge on any atom is 0.416 e. The van der Waals surface area contributed by atoms with Crippen molar-refractivity contribution in [1.29, 1.82) is 0 Å². The molecule has 2 heterocycles. The highest BCUT2D eigenvalue weighted by atomic mass is 19.4. The summed E-state index contributed by atoms with van der Waals surface area (Å²) in [5.74, 6) is -0.925. The van der Waals surface area contributed by atoms with Crippen molar-refractivity contribution in [2.24, 2.45) is 0 Å². The summed E-state index contributed by atoms with van der Waals surface area (Å²) in [6.45, 7) is 4.85. The number of carboxylic acid groups (broad SMARTS) is 1. The molecule has 3 aromatic rings. The van der Waals surface area contributed by atoms with Crippen LogP contribution in [0.1, 0.15) is 33.1 Å². The van der Waals surface area contributed by atoms with Gasteiger partial charge in [0.05, 0.1) is 16.8 Å². The lowest BCUT2D eigenvalue weighted by atomic mass is 10.1. The van der Waals surface area contributed by atoms with Gasteiger partial charge in [0, 0.05) is 11.4 Å². The third-order valence-electron chi connectivity index (χ3n) is 4.37. The van der Waals surface area contributed by atoms with Crippen molar-refractivity contribution in [3.05, 3.63) is 69.0 Å². The molecule has 0 bridgehead atoms. The molecule has 146 valence electrons. The zero-order chi connectivity index (χ0) is 20.8. The second-order valence-electron chi connectivity index (χ2n) is 6.21. The quantitative estimate of drug-likeness (QED) is 0.724. The van der Waals surface area contributed by atoms with E-state index >= 15 is 0 Å². The van der Waals surface area contributed by atoms with Crippen molar-refractivity contribution < 1.29 is 27.5 Å². The van der Waals surface area contributed by atoms with Crippen LogP contribution >= 0.6 is 0 Å². The van der Waals surface area contributed by atoms with Gasteiger partial charge in [-0.25, -0.2) is 9.78 Å². The second kappa shape index (κ2) is 6.66. The van der Waals surface area contributed by atoms with Gasteiger partial charge in [-0.3, -0.25) is 9.36 Å². The van der Waals surface area contributed by atoms with Gasteiger partial charge >= 0.3 is 12.1 Å². The van der Waals surface area contributed by atoms with Crippen molar-refractivity contribution in [3.8, 4) is 17.1 Å². The van der Waals surface area contributed by atoms with E-state index in [-0.39, 0.29) is 22.8 Å². The van der Waals surface area contributed by atoms with Crippen LogP contribution in [-0.2, 0) is 6.18 Å². The van der Waals surface area contributed by atoms with Gasteiger partial charge < -0.3 is 9.52 Å². The third-order valence-corrected chi connectivity index (χ3v) is 4.37. The number of hydrogen-bond acceptors (Lipinski definition) is 4. The molecule has 0 radical (unpaired) electrons. The summed E-state index contributed by atoms with van der Waals surface area (Å²) in [4.78, 5) is 28.5. The Bertz CT molecular complexity index is 1120. The first-order valence-corrected chi connectivity index (χ1v) is 8.12. The summed E-state index contributed by atoms with van der Waals surface area (Å²) >= 11 is 0. The standard InChI is InChI=1S/C19H15F3N2O4/c1-9-11(3)28-16(23-9)14-8-15(18(26)27)17(25)24(10(14)2)13-6-4-5-12(7-13)19(20,21)22/h4-8H,1-3H3,(H,26,27). The lowest BCUT2D eigenvalue weighted by Crippen LogP contribution is -2.27. The molecule has 0 unspecified atom stereocenters. The van der Waals surface area contributed by atoms with Crippen LogP contribution in [0.5, 0.6) is 0 Å². The zero-order valence-electron chi connectivity index (χ0n) is 15.1. The Morgan fingerprint density at radius 1 is 1.18 bits per heavy atom. The SMILES string of the molecule is Cc1nc(-c2cc(C(=O)O)c(=O)n(-c3cccc(C(F)(F)F)c3)c2C)oc1C. The molecule has 1 aromatic carbocycles. The third kappa shape index (κ3) is 3.30. The highest BCUT2D eigenvalue weighted by Gasteiger charge is 2.31. The molecule has 1 N–H and O–H groups in total. The van der Waals surface area contributed by atoms with Crippen molar-refractivity contribution in [2.75, 3.05) is 0 Å². The number of carboxylic acids is 1. The lowest BCUT2D eigenvalue weighted by Gasteiger charge is -2.16. The van der Waals surface area contributed by atoms with E-state index in [4.69, 9.17) is 4.42 Å². The Balaban J connectivity index is 2.35. The summed E-state index contributed by atoms with van der Waals surface area (Å²) < 4.78 is 45.7. The number of hydrogen-bond donors (Lipinski definition) is 1. The van der Waals surface area contributed by atoms with Crippen molar-refractivity contribution in [1.82, 2.24) is 9.55 Å². The number of pyridine rings is 1. The van der Waals surface area contributed by atoms with Crippen molar-refractivity contribution in [3.63, 3.8) is 0 Å². The molecule has 0 atom stereocenters. The Morgan fingerprint density at radius 3 is 2.39 bits per heavy atom. The van der Waals surface area contributed by atoms with Gasteiger partial charge in [0.25, 0.3) is 5.56 Å². The van der Waals surface area contributed by atoms with Gasteiger partial charge in [-0.05, 0) is 45.0 Å². The lowest BCUT2D eigenvalue weighted by molar-refractivity contribution is -0.137. The van der Waals surface area contributed by atoms with E-state index in [0.29, 0.717) is 11.5 Å². The summed E-state index contributed by atoms with van der Waals surface area (Å²) in [7, 11) is 0. The molecular formula is C19H15F3N2O4. The van der Waals surface area contributed by atoms with Gasteiger partial charge in [0.15, 0.2) is 0 Å². The number of aromatic carboxylic acids is 1. The number of halogens is 3. The van der Waals surface area contributed by atoms with Crippen LogP contribution in [0.4, 0.5) is 13.2 Å². The number of oxazole rings is 1. The van der Waals surface area contributed by atoms with E-state index in [9.17, 15) is 27.9 Å². The summed E-state index contributed by atoms with van der Waals surface area (Å²) in [5, 5.41) is 9.40. The zero-order valence-corrected chi connectivity index (χ0v) is 15.1. The number of alkyl halides is 3. The fourth-order valence-corrected chi connectivity index (χ4v) is 2.79. The average Bonchev–Trinajstić information content (AvgIpc) is 2.93. The molecule has 0 spiro atoms. The van der Waals surface area contributed by atoms with E-state index in [1.807, 2.05) is 0 Å². The molecule has 0 saturated heterocycles. The van der Waals surface area contributed by atoms with Gasteiger partial charge in [-0.15, -0.1) is 0 Å². The molecular weight excluding hydrogens is 377 g/mol. The predicted molar refractivity (Wildman–Crippen MR) is 93.7 cm³/mol.